The smallest absolute Gasteiger partial charge is 0.0472 e. The topological polar surface area (TPSA) is 24.5 Å². The van der Waals surface area contributed by atoms with Crippen molar-refractivity contribution in [2.45, 2.75) is 32.7 Å². The van der Waals surface area contributed by atoms with Crippen LogP contribution in [0.15, 0.2) is 0 Å². The molecule has 0 aromatic heterocycles. The van der Waals surface area contributed by atoms with Crippen LogP contribution in [0.4, 0.5) is 0 Å². The number of rotatable bonds is 5. The maximum Gasteiger partial charge on any atom is 0.0472 e. The van der Waals surface area contributed by atoms with Crippen molar-refractivity contribution in [1.82, 2.24) is 10.2 Å². The average Bonchev–Trinajstić information content (AvgIpc) is 2.40. The zero-order chi connectivity index (χ0) is 12.8. The summed E-state index contributed by atoms with van der Waals surface area (Å²) in [6.45, 7) is 11.2. The zero-order valence-electron chi connectivity index (χ0n) is 11.9. The molecule has 1 N–H and O–H groups in total. The number of ether oxygens (including phenoxy) is 1. The molecule has 106 valence electrons. The van der Waals surface area contributed by atoms with Crippen LogP contribution < -0.4 is 5.32 Å². The van der Waals surface area contributed by atoms with Gasteiger partial charge < -0.3 is 10.1 Å². The van der Waals surface area contributed by atoms with Gasteiger partial charge in [0.2, 0.25) is 0 Å². The van der Waals surface area contributed by atoms with E-state index < -0.39 is 0 Å². The molecule has 2 saturated heterocycles. The molecule has 0 saturated carbocycles. The van der Waals surface area contributed by atoms with E-state index in [1.807, 2.05) is 0 Å². The Labute approximate surface area is 116 Å². The van der Waals surface area contributed by atoms with E-state index >= 15 is 0 Å². The van der Waals surface area contributed by atoms with E-state index in [0.717, 1.165) is 32.3 Å². The Kier molecular flexibility index (Phi) is 5.80. The van der Waals surface area contributed by atoms with Crippen LogP contribution in [0, 0.1) is 5.41 Å². The number of hydrogen-bond donors (Lipinski definition) is 1. The third-order valence-corrected chi connectivity index (χ3v) is 5.54. The summed E-state index contributed by atoms with van der Waals surface area (Å²) in [5.41, 5.74) is 0.449. The van der Waals surface area contributed by atoms with Crippen LogP contribution in [0.1, 0.15) is 26.7 Å². The minimum Gasteiger partial charge on any atom is -0.381 e. The van der Waals surface area contributed by atoms with Crippen molar-refractivity contribution in [3.05, 3.63) is 0 Å². The highest BCUT2D eigenvalue weighted by Crippen LogP contribution is 2.32. The molecule has 2 aliphatic rings. The van der Waals surface area contributed by atoms with Crippen LogP contribution in [0.25, 0.3) is 0 Å². The van der Waals surface area contributed by atoms with E-state index in [1.165, 1.54) is 37.4 Å². The molecule has 2 rings (SSSR count). The second kappa shape index (κ2) is 7.13. The normalized spacial score (nSPS) is 29.3. The van der Waals surface area contributed by atoms with E-state index in [9.17, 15) is 0 Å². The Morgan fingerprint density at radius 1 is 1.39 bits per heavy atom. The van der Waals surface area contributed by atoms with E-state index in [0.29, 0.717) is 5.41 Å². The predicted octanol–water partition coefficient (Wildman–Crippen LogP) is 1.83. The fourth-order valence-corrected chi connectivity index (χ4v) is 4.09. The molecule has 3 nitrogen and oxygen atoms in total. The summed E-state index contributed by atoms with van der Waals surface area (Å²) in [5, 5.41) is 3.58. The minimum atomic E-state index is 0.449. The average molecular weight is 272 g/mol. The molecule has 2 aliphatic heterocycles. The molecule has 2 heterocycles. The van der Waals surface area contributed by atoms with E-state index in [2.05, 4.69) is 35.8 Å². The van der Waals surface area contributed by atoms with Crippen LogP contribution in [0.2, 0.25) is 0 Å². The van der Waals surface area contributed by atoms with Crippen molar-refractivity contribution in [2.75, 3.05) is 50.9 Å². The Hall–Kier alpha value is 0.230. The van der Waals surface area contributed by atoms with Crippen molar-refractivity contribution in [3.8, 4) is 0 Å². The van der Waals surface area contributed by atoms with Crippen LogP contribution in [-0.4, -0.2) is 61.8 Å². The Balaban J connectivity index is 1.94. The van der Waals surface area contributed by atoms with Crippen LogP contribution in [0.3, 0.4) is 0 Å². The second-order valence-electron chi connectivity index (χ2n) is 5.79. The van der Waals surface area contributed by atoms with Gasteiger partial charge >= 0.3 is 0 Å². The van der Waals surface area contributed by atoms with Gasteiger partial charge in [0, 0.05) is 50.4 Å². The SMILES string of the molecule is CCNCC1(CN2CCSCC2C)CCOCC1. The number of nitrogens with zero attached hydrogens (tertiary/aromatic N) is 1. The van der Waals surface area contributed by atoms with Crippen molar-refractivity contribution in [1.29, 1.82) is 0 Å². The third-order valence-electron chi connectivity index (χ3n) is 4.35. The van der Waals surface area contributed by atoms with Crippen LogP contribution in [0.5, 0.6) is 0 Å². The molecule has 0 aliphatic carbocycles. The quantitative estimate of drug-likeness (QED) is 0.825. The Morgan fingerprint density at radius 2 is 2.17 bits per heavy atom. The summed E-state index contributed by atoms with van der Waals surface area (Å²) in [5.74, 6) is 2.60. The van der Waals surface area contributed by atoms with Gasteiger partial charge in [0.15, 0.2) is 0 Å². The first kappa shape index (κ1) is 14.6. The van der Waals surface area contributed by atoms with Gasteiger partial charge in [-0.15, -0.1) is 0 Å². The van der Waals surface area contributed by atoms with Gasteiger partial charge in [0.25, 0.3) is 0 Å². The summed E-state index contributed by atoms with van der Waals surface area (Å²) >= 11 is 2.10. The lowest BCUT2D eigenvalue weighted by Crippen LogP contribution is -2.51. The third kappa shape index (κ3) is 3.86. The zero-order valence-corrected chi connectivity index (χ0v) is 12.7. The number of hydrogen-bond acceptors (Lipinski definition) is 4. The monoisotopic (exact) mass is 272 g/mol. The van der Waals surface area contributed by atoms with Crippen molar-refractivity contribution >= 4 is 11.8 Å². The molecule has 0 aromatic carbocycles. The lowest BCUT2D eigenvalue weighted by molar-refractivity contribution is -0.00830. The summed E-state index contributed by atoms with van der Waals surface area (Å²) in [7, 11) is 0. The lowest BCUT2D eigenvalue weighted by Gasteiger charge is -2.44. The minimum absolute atomic E-state index is 0.449. The summed E-state index contributed by atoms with van der Waals surface area (Å²) < 4.78 is 5.57. The molecule has 0 bridgehead atoms. The highest BCUT2D eigenvalue weighted by Gasteiger charge is 2.35. The number of nitrogens with one attached hydrogen (secondary N) is 1. The summed E-state index contributed by atoms with van der Waals surface area (Å²) in [4.78, 5) is 2.71. The highest BCUT2D eigenvalue weighted by molar-refractivity contribution is 7.99. The Morgan fingerprint density at radius 3 is 2.83 bits per heavy atom. The Bertz CT molecular complexity index is 244. The van der Waals surface area contributed by atoms with Crippen LogP contribution >= 0.6 is 11.8 Å². The maximum atomic E-state index is 5.57. The first-order valence-electron chi connectivity index (χ1n) is 7.36. The summed E-state index contributed by atoms with van der Waals surface area (Å²) in [6, 6.07) is 0.741. The van der Waals surface area contributed by atoms with Gasteiger partial charge in [0.1, 0.15) is 0 Å². The second-order valence-corrected chi connectivity index (χ2v) is 6.94. The molecule has 1 unspecified atom stereocenters. The van der Waals surface area contributed by atoms with Crippen molar-refractivity contribution < 1.29 is 4.74 Å². The van der Waals surface area contributed by atoms with E-state index in [1.54, 1.807) is 0 Å². The first-order valence-corrected chi connectivity index (χ1v) is 8.51. The molecule has 4 heteroatoms. The maximum absolute atomic E-state index is 5.57. The van der Waals surface area contributed by atoms with Crippen molar-refractivity contribution in [2.24, 2.45) is 5.41 Å². The van der Waals surface area contributed by atoms with Gasteiger partial charge in [-0.3, -0.25) is 4.90 Å². The highest BCUT2D eigenvalue weighted by atomic mass is 32.2. The number of thioether (sulfide) groups is 1. The molecular formula is C14H28N2OS. The predicted molar refractivity (Wildman–Crippen MR) is 79.4 cm³/mol. The summed E-state index contributed by atoms with van der Waals surface area (Å²) in [6.07, 6.45) is 2.44. The molecule has 1 atom stereocenters. The van der Waals surface area contributed by atoms with Crippen LogP contribution in [-0.2, 0) is 4.74 Å². The molecule has 0 radical (unpaired) electrons. The fraction of sp³-hybridized carbons (Fsp3) is 1.00. The molecule has 0 aromatic rings. The largest absolute Gasteiger partial charge is 0.381 e. The lowest BCUT2D eigenvalue weighted by atomic mass is 9.79. The standard InChI is InChI=1S/C14H28N2OS/c1-3-15-11-14(4-7-17-8-5-14)12-16-6-9-18-10-13(16)2/h13,15H,3-12H2,1-2H3. The van der Waals surface area contributed by atoms with Gasteiger partial charge in [0.05, 0.1) is 0 Å². The van der Waals surface area contributed by atoms with Gasteiger partial charge in [-0.05, 0) is 31.7 Å². The fourth-order valence-electron chi connectivity index (χ4n) is 3.01. The van der Waals surface area contributed by atoms with Gasteiger partial charge in [-0.2, -0.15) is 11.8 Å². The van der Waals surface area contributed by atoms with E-state index in [-0.39, 0.29) is 0 Å². The molecule has 0 spiro atoms. The van der Waals surface area contributed by atoms with Gasteiger partial charge in [-0.1, -0.05) is 6.92 Å². The molecular weight excluding hydrogens is 244 g/mol. The molecule has 18 heavy (non-hydrogen) atoms. The van der Waals surface area contributed by atoms with E-state index in [4.69, 9.17) is 4.74 Å². The molecule has 0 amide bonds. The van der Waals surface area contributed by atoms with Crippen molar-refractivity contribution in [3.63, 3.8) is 0 Å². The van der Waals surface area contributed by atoms with Gasteiger partial charge in [-0.25, -0.2) is 0 Å². The molecule has 2 fully saturated rings. The first-order chi connectivity index (χ1) is 8.76.